The molecule has 18 heavy (non-hydrogen) atoms. The third kappa shape index (κ3) is 2.82. The summed E-state index contributed by atoms with van der Waals surface area (Å²) in [5.74, 6) is -0.250. The Bertz CT molecular complexity index is 460. The number of amides is 1. The number of rotatable bonds is 3. The molecule has 0 bridgehead atoms. The number of hydrogen-bond acceptors (Lipinski definition) is 5. The minimum atomic E-state index is -0.502. The molecule has 2 atom stereocenters. The van der Waals surface area contributed by atoms with Crippen molar-refractivity contribution < 1.29 is 14.8 Å². The quantitative estimate of drug-likeness (QED) is 0.528. The van der Waals surface area contributed by atoms with E-state index >= 15 is 0 Å². The van der Waals surface area contributed by atoms with Gasteiger partial charge in [-0.25, -0.2) is 0 Å². The zero-order chi connectivity index (χ0) is 13.1. The first-order valence-electron chi connectivity index (χ1n) is 5.53. The van der Waals surface area contributed by atoms with Gasteiger partial charge in [-0.15, -0.1) is 0 Å². The molecule has 1 saturated heterocycles. The van der Waals surface area contributed by atoms with Crippen LogP contribution in [0.2, 0.25) is 0 Å². The first kappa shape index (κ1) is 12.5. The van der Waals surface area contributed by atoms with Gasteiger partial charge in [0.05, 0.1) is 17.1 Å². The molecule has 0 saturated carbocycles. The minimum Gasteiger partial charge on any atom is -0.392 e. The van der Waals surface area contributed by atoms with E-state index in [1.54, 1.807) is 0 Å². The monoisotopic (exact) mass is 251 g/mol. The number of benzene rings is 1. The Morgan fingerprint density at radius 3 is 2.61 bits per heavy atom. The summed E-state index contributed by atoms with van der Waals surface area (Å²) < 4.78 is 0. The topological polar surface area (TPSA) is 104 Å². The van der Waals surface area contributed by atoms with Gasteiger partial charge in [-0.2, -0.15) is 0 Å². The maximum absolute atomic E-state index is 11.8. The summed E-state index contributed by atoms with van der Waals surface area (Å²) in [6.07, 6.45) is -0.128. The molecule has 3 N–H and O–H groups in total. The fraction of sp³-hybridized carbons (Fsp3) is 0.364. The standard InChI is InChI=1S/C11H13N3O4/c15-9-5-10(12-6-9)11(16)13-7-1-3-8(4-2-7)14(17)18/h1-4,9-10,12,15H,5-6H2,(H,13,16)/t9-,10-/m0/s1. The number of nitro groups is 1. The van der Waals surface area contributed by atoms with Gasteiger partial charge in [-0.1, -0.05) is 0 Å². The van der Waals surface area contributed by atoms with Gasteiger partial charge in [0, 0.05) is 24.4 Å². The van der Waals surface area contributed by atoms with E-state index in [1.807, 2.05) is 0 Å². The van der Waals surface area contributed by atoms with Crippen molar-refractivity contribution in [3.05, 3.63) is 34.4 Å². The lowest BCUT2D eigenvalue weighted by Crippen LogP contribution is -2.35. The molecule has 0 aromatic heterocycles. The normalized spacial score (nSPS) is 22.7. The Hall–Kier alpha value is -1.99. The molecule has 2 rings (SSSR count). The second kappa shape index (κ2) is 5.11. The molecule has 96 valence electrons. The third-order valence-corrected chi connectivity index (χ3v) is 2.77. The molecule has 0 radical (unpaired) electrons. The van der Waals surface area contributed by atoms with Gasteiger partial charge < -0.3 is 15.7 Å². The van der Waals surface area contributed by atoms with Crippen molar-refractivity contribution in [3.63, 3.8) is 0 Å². The van der Waals surface area contributed by atoms with Crippen LogP contribution in [0.4, 0.5) is 11.4 Å². The minimum absolute atomic E-state index is 0.0255. The number of hydrogen-bond donors (Lipinski definition) is 3. The highest BCUT2D eigenvalue weighted by Crippen LogP contribution is 2.16. The molecule has 0 spiro atoms. The third-order valence-electron chi connectivity index (χ3n) is 2.77. The summed E-state index contributed by atoms with van der Waals surface area (Å²) in [5.41, 5.74) is 0.469. The number of β-amino-alcohol motifs (C(OH)–C–C–N with tert-alkyl or cyclic N) is 1. The Morgan fingerprint density at radius 2 is 2.11 bits per heavy atom. The highest BCUT2D eigenvalue weighted by molar-refractivity contribution is 5.95. The van der Waals surface area contributed by atoms with Gasteiger partial charge in [0.15, 0.2) is 0 Å². The van der Waals surface area contributed by atoms with Crippen molar-refractivity contribution in [1.29, 1.82) is 0 Å². The van der Waals surface area contributed by atoms with Crippen LogP contribution in [0.25, 0.3) is 0 Å². The van der Waals surface area contributed by atoms with E-state index in [2.05, 4.69) is 10.6 Å². The maximum Gasteiger partial charge on any atom is 0.269 e. The number of nitrogens with one attached hydrogen (secondary N) is 2. The molecule has 1 aliphatic rings. The molecular weight excluding hydrogens is 238 g/mol. The summed E-state index contributed by atoms with van der Waals surface area (Å²) in [4.78, 5) is 21.7. The number of carbonyl (C=O) groups excluding carboxylic acids is 1. The average molecular weight is 251 g/mol. The molecule has 0 unspecified atom stereocenters. The van der Waals surface area contributed by atoms with Crippen molar-refractivity contribution in [2.75, 3.05) is 11.9 Å². The Balaban J connectivity index is 1.97. The van der Waals surface area contributed by atoms with Gasteiger partial charge in [0.25, 0.3) is 5.69 Å². The first-order valence-corrected chi connectivity index (χ1v) is 5.53. The number of aliphatic hydroxyl groups is 1. The molecule has 7 nitrogen and oxygen atoms in total. The van der Waals surface area contributed by atoms with Crippen LogP contribution in [-0.4, -0.2) is 34.6 Å². The van der Waals surface area contributed by atoms with E-state index in [0.717, 1.165) is 0 Å². The van der Waals surface area contributed by atoms with Crippen molar-refractivity contribution in [2.24, 2.45) is 0 Å². The molecule has 1 aliphatic heterocycles. The van der Waals surface area contributed by atoms with Gasteiger partial charge in [0.2, 0.25) is 5.91 Å². The van der Waals surface area contributed by atoms with Gasteiger partial charge in [-0.3, -0.25) is 14.9 Å². The second-order valence-electron chi connectivity index (χ2n) is 4.14. The summed E-state index contributed by atoms with van der Waals surface area (Å²) in [6.45, 7) is 0.401. The molecule has 1 aromatic carbocycles. The summed E-state index contributed by atoms with van der Waals surface area (Å²) in [6, 6.07) is 5.18. The highest BCUT2D eigenvalue weighted by atomic mass is 16.6. The van der Waals surface area contributed by atoms with Crippen LogP contribution in [0, 0.1) is 10.1 Å². The number of aliphatic hydroxyl groups excluding tert-OH is 1. The SMILES string of the molecule is O=C(Nc1ccc([N+](=O)[O-])cc1)[C@@H]1C[C@H](O)CN1. The molecule has 7 heteroatoms. The van der Waals surface area contributed by atoms with Crippen LogP contribution in [0.5, 0.6) is 0 Å². The van der Waals surface area contributed by atoms with Gasteiger partial charge >= 0.3 is 0 Å². The Labute approximate surface area is 103 Å². The maximum atomic E-state index is 11.8. The van der Waals surface area contributed by atoms with E-state index in [9.17, 15) is 20.0 Å². The Morgan fingerprint density at radius 1 is 1.44 bits per heavy atom. The Kier molecular flexibility index (Phi) is 3.54. The van der Waals surface area contributed by atoms with E-state index in [-0.39, 0.29) is 11.6 Å². The zero-order valence-corrected chi connectivity index (χ0v) is 9.50. The number of carbonyl (C=O) groups is 1. The second-order valence-corrected chi connectivity index (χ2v) is 4.14. The van der Waals surface area contributed by atoms with Crippen LogP contribution in [0.3, 0.4) is 0 Å². The van der Waals surface area contributed by atoms with Gasteiger partial charge in [-0.05, 0) is 18.6 Å². The summed E-state index contributed by atoms with van der Waals surface area (Å²) in [7, 11) is 0. The lowest BCUT2D eigenvalue weighted by atomic mass is 10.2. The lowest BCUT2D eigenvalue weighted by molar-refractivity contribution is -0.384. The average Bonchev–Trinajstić information content (AvgIpc) is 2.76. The van der Waals surface area contributed by atoms with Crippen LogP contribution in [0.15, 0.2) is 24.3 Å². The zero-order valence-electron chi connectivity index (χ0n) is 9.50. The van der Waals surface area contributed by atoms with Crippen LogP contribution < -0.4 is 10.6 Å². The van der Waals surface area contributed by atoms with E-state index in [1.165, 1.54) is 24.3 Å². The number of nitrogens with zero attached hydrogens (tertiary/aromatic N) is 1. The predicted molar refractivity (Wildman–Crippen MR) is 64.1 cm³/mol. The highest BCUT2D eigenvalue weighted by Gasteiger charge is 2.27. The van der Waals surface area contributed by atoms with Crippen molar-refractivity contribution in [2.45, 2.75) is 18.6 Å². The van der Waals surface area contributed by atoms with Crippen LogP contribution >= 0.6 is 0 Å². The molecule has 1 aromatic rings. The first-order chi connectivity index (χ1) is 8.56. The van der Waals surface area contributed by atoms with E-state index < -0.39 is 17.1 Å². The number of nitro benzene ring substituents is 1. The molecule has 1 fully saturated rings. The summed E-state index contributed by atoms with van der Waals surface area (Å²) in [5, 5.41) is 25.3. The molecule has 1 amide bonds. The smallest absolute Gasteiger partial charge is 0.269 e. The van der Waals surface area contributed by atoms with Crippen molar-refractivity contribution in [1.82, 2.24) is 5.32 Å². The molecule has 1 heterocycles. The van der Waals surface area contributed by atoms with Crippen molar-refractivity contribution >= 4 is 17.3 Å². The van der Waals surface area contributed by atoms with E-state index in [4.69, 9.17) is 0 Å². The molecular formula is C11H13N3O4. The fourth-order valence-corrected chi connectivity index (χ4v) is 1.81. The number of anilines is 1. The van der Waals surface area contributed by atoms with Crippen molar-refractivity contribution in [3.8, 4) is 0 Å². The van der Waals surface area contributed by atoms with Gasteiger partial charge in [0.1, 0.15) is 0 Å². The van der Waals surface area contributed by atoms with Crippen LogP contribution in [-0.2, 0) is 4.79 Å². The largest absolute Gasteiger partial charge is 0.392 e. The van der Waals surface area contributed by atoms with E-state index in [0.29, 0.717) is 18.7 Å². The number of non-ortho nitro benzene ring substituents is 1. The fourth-order valence-electron chi connectivity index (χ4n) is 1.81. The predicted octanol–water partition coefficient (Wildman–Crippen LogP) is 0.256. The molecule has 0 aliphatic carbocycles. The lowest BCUT2D eigenvalue weighted by Gasteiger charge is -2.10. The summed E-state index contributed by atoms with van der Waals surface area (Å²) >= 11 is 0. The van der Waals surface area contributed by atoms with Crippen LogP contribution in [0.1, 0.15) is 6.42 Å².